The molecule has 19 heavy (non-hydrogen) atoms. The molecule has 0 aromatic heterocycles. The fourth-order valence-corrected chi connectivity index (χ4v) is 2.48. The molecule has 1 aromatic carbocycles. The van der Waals surface area contributed by atoms with Crippen LogP contribution in [-0.2, 0) is 9.53 Å². The van der Waals surface area contributed by atoms with Crippen LogP contribution >= 0.6 is 11.6 Å². The predicted octanol–water partition coefficient (Wildman–Crippen LogP) is 2.80. The highest BCUT2D eigenvalue weighted by molar-refractivity contribution is 6.30. The Hall–Kier alpha value is -1.26. The summed E-state index contributed by atoms with van der Waals surface area (Å²) in [6.45, 7) is 1.31. The van der Waals surface area contributed by atoms with Gasteiger partial charge in [-0.1, -0.05) is 17.7 Å². The standard InChI is InChI=1S/C14H18ClNO3/c15-11-4-3-5-12(8-11)16(10-14(17)18)9-13-6-1-2-7-19-13/h3-5,8,13H,1-2,6-7,9-10H2,(H,17,18). The maximum Gasteiger partial charge on any atom is 0.323 e. The number of carboxylic acids is 1. The molecule has 1 atom stereocenters. The molecule has 5 heteroatoms. The van der Waals surface area contributed by atoms with Crippen molar-refractivity contribution in [2.45, 2.75) is 25.4 Å². The quantitative estimate of drug-likeness (QED) is 0.903. The molecular weight excluding hydrogens is 266 g/mol. The van der Waals surface area contributed by atoms with Crippen molar-refractivity contribution < 1.29 is 14.6 Å². The number of aliphatic carboxylic acids is 1. The summed E-state index contributed by atoms with van der Waals surface area (Å²) in [5, 5.41) is 9.64. The van der Waals surface area contributed by atoms with Gasteiger partial charge in [-0.05, 0) is 37.5 Å². The van der Waals surface area contributed by atoms with Crippen LogP contribution in [0.4, 0.5) is 5.69 Å². The Balaban J connectivity index is 2.08. The van der Waals surface area contributed by atoms with E-state index in [9.17, 15) is 4.79 Å². The molecule has 1 saturated heterocycles. The summed E-state index contributed by atoms with van der Waals surface area (Å²) in [5.41, 5.74) is 0.823. The SMILES string of the molecule is O=C(O)CN(CC1CCCCO1)c1cccc(Cl)c1. The molecule has 2 rings (SSSR count). The van der Waals surface area contributed by atoms with Crippen molar-refractivity contribution in [3.05, 3.63) is 29.3 Å². The molecule has 1 N–H and O–H groups in total. The van der Waals surface area contributed by atoms with Crippen molar-refractivity contribution in [2.24, 2.45) is 0 Å². The number of anilines is 1. The third kappa shape index (κ3) is 4.40. The molecule has 0 amide bonds. The minimum Gasteiger partial charge on any atom is -0.480 e. The molecule has 1 aliphatic heterocycles. The van der Waals surface area contributed by atoms with E-state index < -0.39 is 5.97 Å². The minimum absolute atomic E-state index is 0.0415. The number of halogens is 1. The maximum absolute atomic E-state index is 11.0. The minimum atomic E-state index is -0.851. The summed E-state index contributed by atoms with van der Waals surface area (Å²) in [4.78, 5) is 12.8. The molecule has 1 fully saturated rings. The van der Waals surface area contributed by atoms with Gasteiger partial charge in [-0.15, -0.1) is 0 Å². The van der Waals surface area contributed by atoms with Crippen LogP contribution in [0.2, 0.25) is 5.02 Å². The van der Waals surface area contributed by atoms with Gasteiger partial charge >= 0.3 is 5.97 Å². The van der Waals surface area contributed by atoms with E-state index in [1.165, 1.54) is 0 Å². The lowest BCUT2D eigenvalue weighted by Crippen LogP contribution is -2.38. The molecule has 1 aromatic rings. The van der Waals surface area contributed by atoms with Crippen molar-refractivity contribution in [3.8, 4) is 0 Å². The van der Waals surface area contributed by atoms with Gasteiger partial charge in [0.25, 0.3) is 0 Å². The molecular formula is C14H18ClNO3. The van der Waals surface area contributed by atoms with Crippen LogP contribution in [0.3, 0.4) is 0 Å². The molecule has 0 bridgehead atoms. The number of rotatable bonds is 5. The van der Waals surface area contributed by atoms with Crippen molar-refractivity contribution >= 4 is 23.3 Å². The number of hydrogen-bond donors (Lipinski definition) is 1. The zero-order chi connectivity index (χ0) is 13.7. The predicted molar refractivity (Wildman–Crippen MR) is 74.9 cm³/mol. The van der Waals surface area contributed by atoms with Crippen LogP contribution in [-0.4, -0.2) is 36.9 Å². The topological polar surface area (TPSA) is 49.8 Å². The van der Waals surface area contributed by atoms with Crippen LogP contribution in [0.5, 0.6) is 0 Å². The highest BCUT2D eigenvalue weighted by Gasteiger charge is 2.20. The van der Waals surface area contributed by atoms with Gasteiger partial charge in [0.2, 0.25) is 0 Å². The van der Waals surface area contributed by atoms with E-state index in [0.29, 0.717) is 11.6 Å². The number of ether oxygens (including phenoxy) is 1. The summed E-state index contributed by atoms with van der Waals surface area (Å²) in [7, 11) is 0. The Kier molecular flexibility index (Phi) is 5.05. The molecule has 4 nitrogen and oxygen atoms in total. The molecule has 0 radical (unpaired) electrons. The van der Waals surface area contributed by atoms with Crippen LogP contribution in [0.25, 0.3) is 0 Å². The van der Waals surface area contributed by atoms with E-state index in [0.717, 1.165) is 31.6 Å². The van der Waals surface area contributed by atoms with Crippen LogP contribution in [0.15, 0.2) is 24.3 Å². The second kappa shape index (κ2) is 6.78. The van der Waals surface area contributed by atoms with E-state index in [-0.39, 0.29) is 12.6 Å². The van der Waals surface area contributed by atoms with E-state index >= 15 is 0 Å². The van der Waals surface area contributed by atoms with Gasteiger partial charge in [0.15, 0.2) is 0 Å². The smallest absolute Gasteiger partial charge is 0.323 e. The van der Waals surface area contributed by atoms with Gasteiger partial charge in [0.05, 0.1) is 6.10 Å². The third-order valence-electron chi connectivity index (χ3n) is 3.20. The summed E-state index contributed by atoms with van der Waals surface area (Å²) >= 11 is 5.96. The summed E-state index contributed by atoms with van der Waals surface area (Å²) in [5.74, 6) is -0.851. The lowest BCUT2D eigenvalue weighted by molar-refractivity contribution is -0.135. The fourth-order valence-electron chi connectivity index (χ4n) is 2.29. The summed E-state index contributed by atoms with van der Waals surface area (Å²) in [6, 6.07) is 7.26. The van der Waals surface area contributed by atoms with Gasteiger partial charge < -0.3 is 14.7 Å². The van der Waals surface area contributed by atoms with Gasteiger partial charge in [-0.25, -0.2) is 0 Å². The van der Waals surface area contributed by atoms with Crippen molar-refractivity contribution in [1.82, 2.24) is 0 Å². The van der Waals surface area contributed by atoms with Gasteiger partial charge in [-0.3, -0.25) is 4.79 Å². The van der Waals surface area contributed by atoms with E-state index in [4.69, 9.17) is 21.4 Å². The van der Waals surface area contributed by atoms with E-state index in [1.807, 2.05) is 17.0 Å². The molecule has 1 unspecified atom stereocenters. The highest BCUT2D eigenvalue weighted by Crippen LogP contribution is 2.22. The number of carbonyl (C=O) groups is 1. The number of nitrogens with zero attached hydrogens (tertiary/aromatic N) is 1. The van der Waals surface area contributed by atoms with Gasteiger partial charge in [-0.2, -0.15) is 0 Å². The Morgan fingerprint density at radius 2 is 2.32 bits per heavy atom. The normalized spacial score (nSPS) is 19.1. The average Bonchev–Trinajstić information content (AvgIpc) is 2.39. The third-order valence-corrected chi connectivity index (χ3v) is 3.43. The molecule has 0 aliphatic carbocycles. The van der Waals surface area contributed by atoms with Crippen LogP contribution < -0.4 is 4.90 Å². The highest BCUT2D eigenvalue weighted by atomic mass is 35.5. The zero-order valence-electron chi connectivity index (χ0n) is 10.7. The first-order chi connectivity index (χ1) is 9.15. The Bertz CT molecular complexity index is 432. The molecule has 0 saturated carbocycles. The van der Waals surface area contributed by atoms with Crippen molar-refractivity contribution in [2.75, 3.05) is 24.6 Å². The first-order valence-corrected chi connectivity index (χ1v) is 6.87. The number of carboxylic acid groups (broad SMARTS) is 1. The second-order valence-electron chi connectivity index (χ2n) is 4.74. The molecule has 104 valence electrons. The van der Waals surface area contributed by atoms with Crippen LogP contribution in [0, 0.1) is 0 Å². The lowest BCUT2D eigenvalue weighted by atomic mass is 10.1. The number of benzene rings is 1. The fraction of sp³-hybridized carbons (Fsp3) is 0.500. The van der Waals surface area contributed by atoms with E-state index in [1.54, 1.807) is 12.1 Å². The summed E-state index contributed by atoms with van der Waals surface area (Å²) in [6.07, 6.45) is 3.32. The van der Waals surface area contributed by atoms with Gasteiger partial charge in [0, 0.05) is 23.9 Å². The maximum atomic E-state index is 11.0. The zero-order valence-corrected chi connectivity index (χ0v) is 11.5. The van der Waals surface area contributed by atoms with E-state index in [2.05, 4.69) is 0 Å². The monoisotopic (exact) mass is 283 g/mol. The average molecular weight is 284 g/mol. The molecule has 1 aliphatic rings. The Labute approximate surface area is 117 Å². The largest absolute Gasteiger partial charge is 0.480 e. The first-order valence-electron chi connectivity index (χ1n) is 6.49. The van der Waals surface area contributed by atoms with Crippen molar-refractivity contribution in [1.29, 1.82) is 0 Å². The molecule has 0 spiro atoms. The Morgan fingerprint density at radius 1 is 1.47 bits per heavy atom. The Morgan fingerprint density at radius 3 is 2.95 bits per heavy atom. The van der Waals surface area contributed by atoms with Crippen LogP contribution in [0.1, 0.15) is 19.3 Å². The summed E-state index contributed by atoms with van der Waals surface area (Å²) < 4.78 is 5.67. The number of hydrogen-bond acceptors (Lipinski definition) is 3. The lowest BCUT2D eigenvalue weighted by Gasteiger charge is -2.30. The molecule has 1 heterocycles. The van der Waals surface area contributed by atoms with Crippen molar-refractivity contribution in [3.63, 3.8) is 0 Å². The second-order valence-corrected chi connectivity index (χ2v) is 5.18. The first kappa shape index (κ1) is 14.2. The van der Waals surface area contributed by atoms with Gasteiger partial charge in [0.1, 0.15) is 6.54 Å².